The molecular weight excluding hydrogens is 262 g/mol. The highest BCUT2D eigenvalue weighted by atomic mass is 16.5. The van der Waals surface area contributed by atoms with E-state index >= 15 is 0 Å². The number of benzene rings is 2. The molecule has 1 heterocycles. The van der Waals surface area contributed by atoms with Gasteiger partial charge >= 0.3 is 0 Å². The standard InChI is InChI=1S/C18H23NO2/c20-18(13-19-12-14-7-9-21-10-8-14)17-6-5-15-3-1-2-4-16(15)11-17/h1-6,11,14,18-20H,7-10,12-13H2. The summed E-state index contributed by atoms with van der Waals surface area (Å²) in [4.78, 5) is 0. The molecule has 0 bridgehead atoms. The predicted molar refractivity (Wildman–Crippen MR) is 85.3 cm³/mol. The van der Waals surface area contributed by atoms with Crippen molar-refractivity contribution in [3.05, 3.63) is 48.0 Å². The molecule has 21 heavy (non-hydrogen) atoms. The van der Waals surface area contributed by atoms with Crippen molar-refractivity contribution in [1.29, 1.82) is 0 Å². The van der Waals surface area contributed by atoms with Crippen LogP contribution in [-0.4, -0.2) is 31.4 Å². The summed E-state index contributed by atoms with van der Waals surface area (Å²) in [5, 5.41) is 16.1. The molecule has 3 heteroatoms. The normalized spacial score (nSPS) is 18.0. The first-order chi connectivity index (χ1) is 10.3. The van der Waals surface area contributed by atoms with Crippen LogP contribution in [0.5, 0.6) is 0 Å². The van der Waals surface area contributed by atoms with E-state index in [9.17, 15) is 5.11 Å². The fourth-order valence-corrected chi connectivity index (χ4v) is 2.91. The average Bonchev–Trinajstić information content (AvgIpc) is 2.55. The molecule has 1 saturated heterocycles. The lowest BCUT2D eigenvalue weighted by molar-refractivity contribution is 0.0649. The number of aliphatic hydroxyl groups excluding tert-OH is 1. The summed E-state index contributed by atoms with van der Waals surface area (Å²) in [6, 6.07) is 14.4. The van der Waals surface area contributed by atoms with Crippen LogP contribution in [0.25, 0.3) is 10.8 Å². The molecule has 0 saturated carbocycles. The number of nitrogens with one attached hydrogen (secondary N) is 1. The van der Waals surface area contributed by atoms with E-state index in [2.05, 4.69) is 29.6 Å². The summed E-state index contributed by atoms with van der Waals surface area (Å²) in [7, 11) is 0. The molecular formula is C18H23NO2. The van der Waals surface area contributed by atoms with Crippen LogP contribution >= 0.6 is 0 Å². The van der Waals surface area contributed by atoms with Gasteiger partial charge in [-0.25, -0.2) is 0 Å². The van der Waals surface area contributed by atoms with Gasteiger partial charge in [0.05, 0.1) is 6.10 Å². The Labute approximate surface area is 125 Å². The number of ether oxygens (including phenoxy) is 1. The van der Waals surface area contributed by atoms with Gasteiger partial charge in [-0.05, 0) is 47.7 Å². The van der Waals surface area contributed by atoms with Crippen LogP contribution in [0.15, 0.2) is 42.5 Å². The van der Waals surface area contributed by atoms with Gasteiger partial charge in [-0.2, -0.15) is 0 Å². The third kappa shape index (κ3) is 3.82. The maximum Gasteiger partial charge on any atom is 0.0914 e. The van der Waals surface area contributed by atoms with E-state index in [1.165, 1.54) is 10.8 Å². The Bertz CT molecular complexity index is 578. The third-order valence-corrected chi connectivity index (χ3v) is 4.27. The molecule has 3 rings (SSSR count). The van der Waals surface area contributed by atoms with Gasteiger partial charge in [0.25, 0.3) is 0 Å². The maximum atomic E-state index is 10.3. The molecule has 0 amide bonds. The fourth-order valence-electron chi connectivity index (χ4n) is 2.91. The first-order valence-electron chi connectivity index (χ1n) is 7.78. The second-order valence-electron chi connectivity index (χ2n) is 5.84. The lowest BCUT2D eigenvalue weighted by atomic mass is 10.00. The van der Waals surface area contributed by atoms with Gasteiger partial charge in [0.1, 0.15) is 0 Å². The molecule has 3 nitrogen and oxygen atoms in total. The van der Waals surface area contributed by atoms with E-state index < -0.39 is 6.10 Å². The Balaban J connectivity index is 1.54. The number of hydrogen-bond acceptors (Lipinski definition) is 3. The first-order valence-corrected chi connectivity index (χ1v) is 7.78. The van der Waals surface area contributed by atoms with Crippen LogP contribution in [0.4, 0.5) is 0 Å². The SMILES string of the molecule is OC(CNCC1CCOCC1)c1ccc2ccccc2c1. The monoisotopic (exact) mass is 285 g/mol. The largest absolute Gasteiger partial charge is 0.387 e. The van der Waals surface area contributed by atoms with Crippen LogP contribution in [0.1, 0.15) is 24.5 Å². The van der Waals surface area contributed by atoms with Crippen molar-refractivity contribution in [2.45, 2.75) is 18.9 Å². The van der Waals surface area contributed by atoms with Crippen molar-refractivity contribution in [3.8, 4) is 0 Å². The minimum atomic E-state index is -0.450. The zero-order valence-electron chi connectivity index (χ0n) is 12.3. The Kier molecular flexibility index (Phi) is 4.86. The van der Waals surface area contributed by atoms with E-state index in [-0.39, 0.29) is 0 Å². The molecule has 0 aromatic heterocycles. The Hall–Kier alpha value is -1.42. The highest BCUT2D eigenvalue weighted by Crippen LogP contribution is 2.20. The van der Waals surface area contributed by atoms with Crippen molar-refractivity contribution in [1.82, 2.24) is 5.32 Å². The smallest absolute Gasteiger partial charge is 0.0914 e. The van der Waals surface area contributed by atoms with Gasteiger partial charge in [0.15, 0.2) is 0 Å². The van der Waals surface area contributed by atoms with Crippen molar-refractivity contribution < 1.29 is 9.84 Å². The average molecular weight is 285 g/mol. The maximum absolute atomic E-state index is 10.3. The topological polar surface area (TPSA) is 41.5 Å². The minimum absolute atomic E-state index is 0.450. The molecule has 2 aromatic rings. The molecule has 1 atom stereocenters. The lowest BCUT2D eigenvalue weighted by Gasteiger charge is -2.23. The summed E-state index contributed by atoms with van der Waals surface area (Å²) in [5.41, 5.74) is 0.980. The molecule has 0 spiro atoms. The van der Waals surface area contributed by atoms with Gasteiger partial charge in [-0.15, -0.1) is 0 Å². The van der Waals surface area contributed by atoms with Crippen LogP contribution in [-0.2, 0) is 4.74 Å². The highest BCUT2D eigenvalue weighted by molar-refractivity contribution is 5.83. The van der Waals surface area contributed by atoms with E-state index in [0.29, 0.717) is 12.5 Å². The van der Waals surface area contributed by atoms with Crippen LogP contribution in [0, 0.1) is 5.92 Å². The molecule has 2 aromatic carbocycles. The van der Waals surface area contributed by atoms with E-state index in [1.807, 2.05) is 18.2 Å². The van der Waals surface area contributed by atoms with Crippen molar-refractivity contribution in [2.75, 3.05) is 26.3 Å². The van der Waals surface area contributed by atoms with Crippen LogP contribution in [0.3, 0.4) is 0 Å². The zero-order chi connectivity index (χ0) is 14.5. The Morgan fingerprint density at radius 2 is 1.86 bits per heavy atom. The third-order valence-electron chi connectivity index (χ3n) is 4.27. The quantitative estimate of drug-likeness (QED) is 0.887. The van der Waals surface area contributed by atoms with Crippen LogP contribution in [0.2, 0.25) is 0 Å². The summed E-state index contributed by atoms with van der Waals surface area (Å²) in [6.07, 6.45) is 1.80. The molecule has 1 aliphatic rings. The van der Waals surface area contributed by atoms with Crippen molar-refractivity contribution >= 4 is 10.8 Å². The Morgan fingerprint density at radius 3 is 2.67 bits per heavy atom. The molecule has 0 aliphatic carbocycles. The highest BCUT2D eigenvalue weighted by Gasteiger charge is 2.14. The van der Waals surface area contributed by atoms with Gasteiger partial charge < -0.3 is 15.2 Å². The summed E-state index contributed by atoms with van der Waals surface area (Å²) in [5.74, 6) is 0.683. The van der Waals surface area contributed by atoms with Crippen molar-refractivity contribution in [2.24, 2.45) is 5.92 Å². The summed E-state index contributed by atoms with van der Waals surface area (Å²) in [6.45, 7) is 3.32. The number of fused-ring (bicyclic) bond motifs is 1. The summed E-state index contributed by atoms with van der Waals surface area (Å²) >= 11 is 0. The van der Waals surface area contributed by atoms with Gasteiger partial charge in [-0.3, -0.25) is 0 Å². The molecule has 0 radical (unpaired) electrons. The van der Waals surface area contributed by atoms with E-state index in [4.69, 9.17) is 4.74 Å². The zero-order valence-corrected chi connectivity index (χ0v) is 12.3. The Morgan fingerprint density at radius 1 is 1.10 bits per heavy atom. The number of rotatable bonds is 5. The second-order valence-corrected chi connectivity index (χ2v) is 5.84. The number of aliphatic hydroxyl groups is 1. The molecule has 1 unspecified atom stereocenters. The number of hydrogen-bond donors (Lipinski definition) is 2. The first kappa shape index (κ1) is 14.5. The molecule has 112 valence electrons. The molecule has 2 N–H and O–H groups in total. The summed E-state index contributed by atoms with van der Waals surface area (Å²) < 4.78 is 5.36. The molecule has 1 aliphatic heterocycles. The van der Waals surface area contributed by atoms with Crippen molar-refractivity contribution in [3.63, 3.8) is 0 Å². The lowest BCUT2D eigenvalue weighted by Crippen LogP contribution is -2.30. The van der Waals surface area contributed by atoms with Crippen LogP contribution < -0.4 is 5.32 Å². The van der Waals surface area contributed by atoms with E-state index in [1.54, 1.807) is 0 Å². The minimum Gasteiger partial charge on any atom is -0.387 e. The van der Waals surface area contributed by atoms with Gasteiger partial charge in [0.2, 0.25) is 0 Å². The fraction of sp³-hybridized carbons (Fsp3) is 0.444. The second kappa shape index (κ2) is 7.03. The van der Waals surface area contributed by atoms with Gasteiger partial charge in [0, 0.05) is 19.8 Å². The predicted octanol–water partition coefficient (Wildman–Crippen LogP) is 2.89. The van der Waals surface area contributed by atoms with E-state index in [0.717, 1.165) is 38.2 Å². The van der Waals surface area contributed by atoms with Gasteiger partial charge in [-0.1, -0.05) is 36.4 Å². The molecule has 1 fully saturated rings.